The van der Waals surface area contributed by atoms with Gasteiger partial charge in [-0.15, -0.1) is 0 Å². The first kappa shape index (κ1) is 13.1. The zero-order chi connectivity index (χ0) is 13.1. The van der Waals surface area contributed by atoms with Gasteiger partial charge in [-0.3, -0.25) is 9.69 Å². The van der Waals surface area contributed by atoms with E-state index in [1.54, 1.807) is 6.20 Å². The quantitative estimate of drug-likeness (QED) is 0.749. The molecule has 1 fully saturated rings. The SMILES string of the molecule is COC(=O)C(C)N(Cc1ncc(C)o1)C1CCC1. The van der Waals surface area contributed by atoms with Crippen molar-refractivity contribution in [3.8, 4) is 0 Å². The summed E-state index contributed by atoms with van der Waals surface area (Å²) in [6, 6.07) is 0.179. The monoisotopic (exact) mass is 252 g/mol. The number of methoxy groups -OCH3 is 1. The van der Waals surface area contributed by atoms with Crippen LogP contribution >= 0.6 is 0 Å². The molecule has 0 saturated heterocycles. The molecule has 5 nitrogen and oxygen atoms in total. The van der Waals surface area contributed by atoms with Gasteiger partial charge in [0.15, 0.2) is 0 Å². The molecule has 1 aromatic rings. The molecule has 0 spiro atoms. The Morgan fingerprint density at radius 2 is 2.39 bits per heavy atom. The second-order valence-electron chi connectivity index (χ2n) is 4.82. The predicted molar refractivity (Wildman–Crippen MR) is 65.9 cm³/mol. The lowest BCUT2D eigenvalue weighted by Gasteiger charge is -2.39. The predicted octanol–water partition coefficient (Wildman–Crippen LogP) is 1.90. The third-order valence-electron chi connectivity index (χ3n) is 3.57. The number of hydrogen-bond acceptors (Lipinski definition) is 5. The lowest BCUT2D eigenvalue weighted by Crippen LogP contribution is -2.48. The third kappa shape index (κ3) is 2.72. The van der Waals surface area contributed by atoms with Crippen molar-refractivity contribution in [3.05, 3.63) is 17.8 Å². The van der Waals surface area contributed by atoms with Crippen molar-refractivity contribution in [1.29, 1.82) is 0 Å². The zero-order valence-electron chi connectivity index (χ0n) is 11.2. The van der Waals surface area contributed by atoms with Crippen LogP contribution in [0.25, 0.3) is 0 Å². The highest BCUT2D eigenvalue weighted by molar-refractivity contribution is 5.75. The van der Waals surface area contributed by atoms with Crippen molar-refractivity contribution in [2.24, 2.45) is 0 Å². The van der Waals surface area contributed by atoms with Crippen molar-refractivity contribution in [1.82, 2.24) is 9.88 Å². The minimum Gasteiger partial charge on any atom is -0.468 e. The maximum Gasteiger partial charge on any atom is 0.322 e. The van der Waals surface area contributed by atoms with Gasteiger partial charge in [-0.05, 0) is 26.7 Å². The van der Waals surface area contributed by atoms with Crippen molar-refractivity contribution < 1.29 is 13.9 Å². The van der Waals surface area contributed by atoms with E-state index in [1.165, 1.54) is 13.5 Å². The molecule has 0 aliphatic heterocycles. The van der Waals surface area contributed by atoms with Crippen molar-refractivity contribution in [2.45, 2.75) is 51.7 Å². The van der Waals surface area contributed by atoms with Gasteiger partial charge in [0.25, 0.3) is 0 Å². The summed E-state index contributed by atoms with van der Waals surface area (Å²) in [5.41, 5.74) is 0. The Balaban J connectivity index is 2.07. The average molecular weight is 252 g/mol. The van der Waals surface area contributed by atoms with E-state index in [2.05, 4.69) is 9.88 Å². The van der Waals surface area contributed by atoms with E-state index < -0.39 is 0 Å². The highest BCUT2D eigenvalue weighted by Crippen LogP contribution is 2.28. The van der Waals surface area contributed by atoms with E-state index >= 15 is 0 Å². The largest absolute Gasteiger partial charge is 0.468 e. The molecule has 0 N–H and O–H groups in total. The summed E-state index contributed by atoms with van der Waals surface area (Å²) in [5, 5.41) is 0. The number of hydrogen-bond donors (Lipinski definition) is 0. The number of oxazole rings is 1. The number of esters is 1. The smallest absolute Gasteiger partial charge is 0.322 e. The van der Waals surface area contributed by atoms with E-state index in [1.807, 2.05) is 13.8 Å². The standard InChI is InChI=1S/C13H20N2O3/c1-9-7-14-12(18-9)8-15(11-5-4-6-11)10(2)13(16)17-3/h7,10-11H,4-6,8H2,1-3H3. The first-order valence-corrected chi connectivity index (χ1v) is 6.36. The summed E-state index contributed by atoms with van der Waals surface area (Å²) in [7, 11) is 1.42. The number of ether oxygens (including phenoxy) is 1. The normalized spacial score (nSPS) is 17.6. The van der Waals surface area contributed by atoms with Crippen LogP contribution in [0, 0.1) is 6.92 Å². The lowest BCUT2D eigenvalue weighted by molar-refractivity contribution is -0.148. The molecule has 1 aliphatic carbocycles. The summed E-state index contributed by atoms with van der Waals surface area (Å²) in [5.74, 6) is 1.25. The van der Waals surface area contributed by atoms with Crippen LogP contribution in [-0.4, -0.2) is 35.0 Å². The van der Waals surface area contributed by atoms with Gasteiger partial charge in [0.05, 0.1) is 19.9 Å². The van der Waals surface area contributed by atoms with Crippen molar-refractivity contribution in [2.75, 3.05) is 7.11 Å². The highest BCUT2D eigenvalue weighted by atomic mass is 16.5. The molecule has 1 aliphatic rings. The minimum absolute atomic E-state index is 0.204. The molecule has 1 unspecified atom stereocenters. The average Bonchev–Trinajstić information content (AvgIpc) is 2.69. The Labute approximate surface area is 107 Å². The maximum absolute atomic E-state index is 11.7. The summed E-state index contributed by atoms with van der Waals surface area (Å²) in [4.78, 5) is 18.0. The number of carbonyl (C=O) groups is 1. The molecule has 18 heavy (non-hydrogen) atoms. The number of rotatable bonds is 5. The molecule has 2 rings (SSSR count). The molecule has 1 atom stereocenters. The van der Waals surface area contributed by atoms with Gasteiger partial charge >= 0.3 is 5.97 Å². The van der Waals surface area contributed by atoms with Crippen molar-refractivity contribution >= 4 is 5.97 Å². The molecule has 0 radical (unpaired) electrons. The summed E-state index contributed by atoms with van der Waals surface area (Å²) in [6.45, 7) is 4.31. The Morgan fingerprint density at radius 3 is 2.83 bits per heavy atom. The molecule has 5 heteroatoms. The second kappa shape index (κ2) is 5.52. The van der Waals surface area contributed by atoms with Crippen molar-refractivity contribution in [3.63, 3.8) is 0 Å². The topological polar surface area (TPSA) is 55.6 Å². The number of carbonyl (C=O) groups excluding carboxylic acids is 1. The van der Waals surface area contributed by atoms with Crippen LogP contribution in [0.5, 0.6) is 0 Å². The van der Waals surface area contributed by atoms with E-state index in [0.717, 1.165) is 18.6 Å². The molecule has 0 aromatic carbocycles. The highest BCUT2D eigenvalue weighted by Gasteiger charge is 2.33. The first-order chi connectivity index (χ1) is 8.61. The Bertz CT molecular complexity index is 412. The second-order valence-corrected chi connectivity index (χ2v) is 4.82. The molecule has 1 heterocycles. The van der Waals surface area contributed by atoms with Crippen LogP contribution in [0.4, 0.5) is 0 Å². The fourth-order valence-electron chi connectivity index (χ4n) is 2.24. The summed E-state index contributed by atoms with van der Waals surface area (Å²) >= 11 is 0. The van der Waals surface area contributed by atoms with Gasteiger partial charge in [-0.25, -0.2) is 4.98 Å². The lowest BCUT2D eigenvalue weighted by atomic mass is 9.90. The van der Waals surface area contributed by atoms with Gasteiger partial charge < -0.3 is 9.15 Å². The Hall–Kier alpha value is -1.36. The van der Waals surface area contributed by atoms with Crippen LogP contribution in [0.15, 0.2) is 10.6 Å². The first-order valence-electron chi connectivity index (χ1n) is 6.36. The van der Waals surface area contributed by atoms with Gasteiger partial charge in [-0.1, -0.05) is 6.42 Å². The Morgan fingerprint density at radius 1 is 1.67 bits per heavy atom. The van der Waals surface area contributed by atoms with Gasteiger partial charge in [-0.2, -0.15) is 0 Å². The zero-order valence-corrected chi connectivity index (χ0v) is 11.2. The summed E-state index contributed by atoms with van der Waals surface area (Å²) in [6.07, 6.45) is 5.18. The van der Waals surface area contributed by atoms with Crippen LogP contribution in [0.1, 0.15) is 37.8 Å². The minimum atomic E-state index is -0.257. The van der Waals surface area contributed by atoms with Crippen LogP contribution < -0.4 is 0 Å². The van der Waals surface area contributed by atoms with Crippen LogP contribution in [0.2, 0.25) is 0 Å². The van der Waals surface area contributed by atoms with Gasteiger partial charge in [0.1, 0.15) is 11.8 Å². The molecule has 1 aromatic heterocycles. The number of aryl methyl sites for hydroxylation is 1. The van der Waals surface area contributed by atoms with Gasteiger partial charge in [0, 0.05) is 6.04 Å². The number of aromatic nitrogens is 1. The van der Waals surface area contributed by atoms with E-state index in [9.17, 15) is 4.79 Å². The fraction of sp³-hybridized carbons (Fsp3) is 0.692. The Kier molecular flexibility index (Phi) is 4.01. The molecular formula is C13H20N2O3. The van der Waals surface area contributed by atoms with E-state index in [0.29, 0.717) is 18.5 Å². The molecule has 100 valence electrons. The van der Waals surface area contributed by atoms with E-state index in [-0.39, 0.29) is 12.0 Å². The van der Waals surface area contributed by atoms with Gasteiger partial charge in [0.2, 0.25) is 5.89 Å². The third-order valence-corrected chi connectivity index (χ3v) is 3.57. The van der Waals surface area contributed by atoms with Crippen LogP contribution in [-0.2, 0) is 16.1 Å². The molecule has 1 saturated carbocycles. The molecule has 0 amide bonds. The van der Waals surface area contributed by atoms with E-state index in [4.69, 9.17) is 9.15 Å². The molecule has 0 bridgehead atoms. The maximum atomic E-state index is 11.7. The molecular weight excluding hydrogens is 232 g/mol. The fourth-order valence-corrected chi connectivity index (χ4v) is 2.24. The van der Waals surface area contributed by atoms with Crippen LogP contribution in [0.3, 0.4) is 0 Å². The number of nitrogens with zero attached hydrogens (tertiary/aromatic N) is 2. The summed E-state index contributed by atoms with van der Waals surface area (Å²) < 4.78 is 10.3.